The van der Waals surface area contributed by atoms with Gasteiger partial charge in [-0.25, -0.2) is 0 Å². The van der Waals surface area contributed by atoms with Crippen molar-refractivity contribution < 1.29 is 0 Å². The molecule has 0 radical (unpaired) electrons. The molecule has 1 nitrogen and oxygen atoms in total. The van der Waals surface area contributed by atoms with E-state index >= 15 is 0 Å². The van der Waals surface area contributed by atoms with Crippen molar-refractivity contribution >= 4 is 0 Å². The first-order valence-corrected chi connectivity index (χ1v) is 2.69. The van der Waals surface area contributed by atoms with E-state index in [4.69, 9.17) is 5.73 Å². The Bertz CT molecular complexity index is 58.6. The monoisotopic (exact) mass is 99.1 g/mol. The molecule has 0 aromatic heterocycles. The van der Waals surface area contributed by atoms with Crippen LogP contribution >= 0.6 is 0 Å². The van der Waals surface area contributed by atoms with Gasteiger partial charge in [-0.15, -0.1) is 0 Å². The Labute approximate surface area is 45.2 Å². The Hall–Kier alpha value is -0.300. The molecule has 0 amide bonds. The number of rotatable bonds is 2. The molecule has 0 aliphatic carbocycles. The molecule has 0 saturated carbocycles. The van der Waals surface area contributed by atoms with Gasteiger partial charge in [0.25, 0.3) is 0 Å². The average molecular weight is 99.2 g/mol. The molecule has 0 heterocycles. The molecule has 0 aliphatic rings. The van der Waals surface area contributed by atoms with Crippen molar-refractivity contribution in [1.29, 1.82) is 0 Å². The Balaban J connectivity index is 3.38. The summed E-state index contributed by atoms with van der Waals surface area (Å²) in [7, 11) is 0. The van der Waals surface area contributed by atoms with Gasteiger partial charge in [0.2, 0.25) is 0 Å². The summed E-state index contributed by atoms with van der Waals surface area (Å²) in [5.41, 5.74) is 6.66. The van der Waals surface area contributed by atoms with Crippen LogP contribution in [0.25, 0.3) is 0 Å². The van der Waals surface area contributed by atoms with Crippen molar-refractivity contribution in [1.82, 2.24) is 0 Å². The molecule has 0 bridgehead atoms. The predicted octanol–water partition coefficient (Wildman–Crippen LogP) is 1.30. The third kappa shape index (κ3) is 2.40. The number of allylic oxidation sites excluding steroid dienone is 1. The van der Waals surface area contributed by atoms with Crippen molar-refractivity contribution in [3.63, 3.8) is 0 Å². The maximum atomic E-state index is 5.33. The number of nitrogens with two attached hydrogens (primary N) is 1. The highest BCUT2D eigenvalue weighted by Crippen LogP contribution is 1.94. The van der Waals surface area contributed by atoms with Crippen molar-refractivity contribution in [2.24, 2.45) is 5.73 Å². The van der Waals surface area contributed by atoms with Crippen LogP contribution in [0.2, 0.25) is 0 Å². The fraction of sp³-hybridized carbons (Fsp3) is 0.667. The van der Waals surface area contributed by atoms with Gasteiger partial charge in [0.15, 0.2) is 0 Å². The van der Waals surface area contributed by atoms with Gasteiger partial charge < -0.3 is 5.73 Å². The minimum Gasteiger partial charge on any atom is -0.327 e. The van der Waals surface area contributed by atoms with Crippen molar-refractivity contribution in [2.75, 3.05) is 6.54 Å². The van der Waals surface area contributed by atoms with Crippen LogP contribution in [-0.4, -0.2) is 6.54 Å². The van der Waals surface area contributed by atoms with Crippen LogP contribution in [-0.2, 0) is 0 Å². The first kappa shape index (κ1) is 6.70. The highest BCUT2D eigenvalue weighted by atomic mass is 14.5. The third-order valence-corrected chi connectivity index (χ3v) is 1.12. The van der Waals surface area contributed by atoms with Crippen molar-refractivity contribution in [3.8, 4) is 0 Å². The summed E-state index contributed by atoms with van der Waals surface area (Å²) in [6.45, 7) is 4.85. The largest absolute Gasteiger partial charge is 0.327 e. The van der Waals surface area contributed by atoms with Crippen LogP contribution in [0.4, 0.5) is 0 Å². The summed E-state index contributed by atoms with van der Waals surface area (Å²) in [6.07, 6.45) is 3.16. The first-order chi connectivity index (χ1) is 3.35. The zero-order chi connectivity index (χ0) is 5.70. The zero-order valence-electron chi connectivity index (χ0n) is 5.07. The number of hydrogen-bond donors (Lipinski definition) is 1. The van der Waals surface area contributed by atoms with E-state index in [0.29, 0.717) is 6.54 Å². The summed E-state index contributed by atoms with van der Waals surface area (Å²) in [5, 5.41) is 0. The molecule has 0 aliphatic heterocycles. The molecular formula is C6H13N. The van der Waals surface area contributed by atoms with Gasteiger partial charge in [-0.2, -0.15) is 0 Å². The van der Waals surface area contributed by atoms with E-state index in [1.165, 1.54) is 5.57 Å². The molecule has 0 fully saturated rings. The summed E-state index contributed by atoms with van der Waals surface area (Å²) in [6, 6.07) is 0. The lowest BCUT2D eigenvalue weighted by molar-refractivity contribution is 1.00. The molecule has 0 spiro atoms. The van der Waals surface area contributed by atoms with Crippen LogP contribution in [0.5, 0.6) is 0 Å². The second-order valence-corrected chi connectivity index (χ2v) is 1.50. The molecule has 0 unspecified atom stereocenters. The van der Waals surface area contributed by atoms with Crippen molar-refractivity contribution in [3.05, 3.63) is 11.6 Å². The SMILES string of the molecule is CC=C(CC)CN. The fourth-order valence-corrected chi connectivity index (χ4v) is 0.466. The Morgan fingerprint density at radius 2 is 2.29 bits per heavy atom. The summed E-state index contributed by atoms with van der Waals surface area (Å²) in [4.78, 5) is 0. The van der Waals surface area contributed by atoms with Gasteiger partial charge >= 0.3 is 0 Å². The molecule has 7 heavy (non-hydrogen) atoms. The summed E-state index contributed by atoms with van der Waals surface area (Å²) in [5.74, 6) is 0. The van der Waals surface area contributed by atoms with Gasteiger partial charge in [-0.05, 0) is 13.3 Å². The molecular weight excluding hydrogens is 86.1 g/mol. The minimum atomic E-state index is 0.715. The Morgan fingerprint density at radius 1 is 1.71 bits per heavy atom. The van der Waals surface area contributed by atoms with E-state index in [1.807, 2.05) is 6.92 Å². The minimum absolute atomic E-state index is 0.715. The summed E-state index contributed by atoms with van der Waals surface area (Å²) < 4.78 is 0. The van der Waals surface area contributed by atoms with Crippen LogP contribution in [0.3, 0.4) is 0 Å². The van der Waals surface area contributed by atoms with E-state index in [-0.39, 0.29) is 0 Å². The molecule has 0 saturated heterocycles. The third-order valence-electron chi connectivity index (χ3n) is 1.12. The van der Waals surface area contributed by atoms with Gasteiger partial charge in [0.05, 0.1) is 0 Å². The van der Waals surface area contributed by atoms with Gasteiger partial charge in [-0.1, -0.05) is 18.6 Å². The first-order valence-electron chi connectivity index (χ1n) is 2.69. The molecule has 0 rings (SSSR count). The second kappa shape index (κ2) is 3.88. The maximum absolute atomic E-state index is 5.33. The summed E-state index contributed by atoms with van der Waals surface area (Å²) >= 11 is 0. The Kier molecular flexibility index (Phi) is 3.71. The molecule has 0 aromatic rings. The van der Waals surface area contributed by atoms with E-state index in [9.17, 15) is 0 Å². The lowest BCUT2D eigenvalue weighted by atomic mass is 10.2. The van der Waals surface area contributed by atoms with Gasteiger partial charge in [0.1, 0.15) is 0 Å². The van der Waals surface area contributed by atoms with Crippen LogP contribution < -0.4 is 5.73 Å². The highest BCUT2D eigenvalue weighted by molar-refractivity contribution is 4.99. The normalized spacial score (nSPS) is 12.1. The van der Waals surface area contributed by atoms with E-state index in [0.717, 1.165) is 6.42 Å². The second-order valence-electron chi connectivity index (χ2n) is 1.50. The molecule has 0 atom stereocenters. The molecule has 42 valence electrons. The van der Waals surface area contributed by atoms with Gasteiger partial charge in [0, 0.05) is 6.54 Å². The van der Waals surface area contributed by atoms with E-state index in [1.54, 1.807) is 0 Å². The van der Waals surface area contributed by atoms with Crippen LogP contribution in [0, 0.1) is 0 Å². The van der Waals surface area contributed by atoms with Crippen LogP contribution in [0.1, 0.15) is 20.3 Å². The Morgan fingerprint density at radius 3 is 2.29 bits per heavy atom. The van der Waals surface area contributed by atoms with E-state index < -0.39 is 0 Å². The van der Waals surface area contributed by atoms with E-state index in [2.05, 4.69) is 13.0 Å². The fourth-order valence-electron chi connectivity index (χ4n) is 0.466. The maximum Gasteiger partial charge on any atom is 0.0136 e. The average Bonchev–Trinajstić information content (AvgIpc) is 1.72. The quantitative estimate of drug-likeness (QED) is 0.519. The number of hydrogen-bond acceptors (Lipinski definition) is 1. The smallest absolute Gasteiger partial charge is 0.0136 e. The lowest BCUT2D eigenvalue weighted by Crippen LogP contribution is -2.00. The van der Waals surface area contributed by atoms with Crippen molar-refractivity contribution in [2.45, 2.75) is 20.3 Å². The zero-order valence-corrected chi connectivity index (χ0v) is 5.07. The lowest BCUT2D eigenvalue weighted by Gasteiger charge is -1.93. The standard InChI is InChI=1S/C6H13N/c1-3-6(4-2)5-7/h3H,4-5,7H2,1-2H3. The molecule has 2 N–H and O–H groups in total. The topological polar surface area (TPSA) is 26.0 Å². The predicted molar refractivity (Wildman–Crippen MR) is 33.1 cm³/mol. The van der Waals surface area contributed by atoms with Gasteiger partial charge in [-0.3, -0.25) is 0 Å². The molecule has 1 heteroatoms. The molecule has 0 aromatic carbocycles. The highest BCUT2D eigenvalue weighted by Gasteiger charge is 1.82. The van der Waals surface area contributed by atoms with Crippen LogP contribution in [0.15, 0.2) is 11.6 Å².